The van der Waals surface area contributed by atoms with Crippen LogP contribution in [-0.2, 0) is 5.54 Å². The Balaban J connectivity index is 1.92. The minimum atomic E-state index is -4.67. The molecular formula is C17H17F3N2O2. The smallest absolute Gasteiger partial charge is 0.415 e. The highest BCUT2D eigenvalue weighted by Crippen LogP contribution is 2.41. The highest BCUT2D eigenvalue weighted by molar-refractivity contribution is 5.93. The van der Waals surface area contributed by atoms with Gasteiger partial charge in [-0.1, -0.05) is 30.3 Å². The van der Waals surface area contributed by atoms with Crippen LogP contribution in [0.25, 0.3) is 0 Å². The number of oxazole rings is 1. The number of hydrogen-bond acceptors (Lipinski definition) is 3. The summed E-state index contributed by atoms with van der Waals surface area (Å²) < 4.78 is 46.4. The van der Waals surface area contributed by atoms with Gasteiger partial charge in [0.15, 0.2) is 11.4 Å². The van der Waals surface area contributed by atoms with Crippen molar-refractivity contribution in [3.8, 4) is 0 Å². The fraction of sp³-hybridized carbons (Fsp3) is 0.412. The van der Waals surface area contributed by atoms with E-state index in [1.807, 2.05) is 0 Å². The van der Waals surface area contributed by atoms with E-state index in [1.54, 1.807) is 13.0 Å². The highest BCUT2D eigenvalue weighted by atomic mass is 19.4. The Bertz CT molecular complexity index is 751. The molecule has 1 atom stereocenters. The topological polar surface area (TPSA) is 55.1 Å². The molecule has 1 heterocycles. The molecule has 4 nitrogen and oxygen atoms in total. The molecule has 128 valence electrons. The SMILES string of the molecule is Cc1nc(C2CC2)oc1C(=O)NC(C)(c1ccccc1)C(F)(F)F. The maximum Gasteiger partial charge on any atom is 0.415 e. The van der Waals surface area contributed by atoms with Crippen molar-refractivity contribution in [2.75, 3.05) is 0 Å². The predicted molar refractivity (Wildman–Crippen MR) is 80.5 cm³/mol. The minimum absolute atomic E-state index is 0.0505. The van der Waals surface area contributed by atoms with E-state index in [9.17, 15) is 18.0 Å². The lowest BCUT2D eigenvalue weighted by molar-refractivity contribution is -0.192. The van der Waals surface area contributed by atoms with Crippen LogP contribution in [0.15, 0.2) is 34.7 Å². The third-order valence-electron chi connectivity index (χ3n) is 4.23. The number of benzene rings is 1. The van der Waals surface area contributed by atoms with Gasteiger partial charge in [-0.3, -0.25) is 4.79 Å². The van der Waals surface area contributed by atoms with Crippen LogP contribution < -0.4 is 5.32 Å². The third kappa shape index (κ3) is 2.90. The van der Waals surface area contributed by atoms with E-state index < -0.39 is 17.6 Å². The quantitative estimate of drug-likeness (QED) is 0.914. The van der Waals surface area contributed by atoms with E-state index in [1.165, 1.54) is 24.3 Å². The number of carbonyl (C=O) groups is 1. The number of halogens is 3. The third-order valence-corrected chi connectivity index (χ3v) is 4.23. The average molecular weight is 338 g/mol. The molecule has 1 N–H and O–H groups in total. The maximum absolute atomic E-state index is 13.6. The molecule has 1 saturated carbocycles. The number of carbonyl (C=O) groups excluding carboxylic acids is 1. The second-order valence-electron chi connectivity index (χ2n) is 6.18. The molecule has 24 heavy (non-hydrogen) atoms. The standard InChI is InChI=1S/C17H17F3N2O2/c1-10-13(24-15(21-10)11-8-9-11)14(23)22-16(2,17(18,19)20)12-6-4-3-5-7-12/h3-7,11H,8-9H2,1-2H3,(H,22,23). The van der Waals surface area contributed by atoms with Crippen molar-refractivity contribution in [2.45, 2.75) is 44.3 Å². The first-order valence-corrected chi connectivity index (χ1v) is 7.64. The van der Waals surface area contributed by atoms with Crippen LogP contribution in [-0.4, -0.2) is 17.1 Å². The summed E-state index contributed by atoms with van der Waals surface area (Å²) in [6.07, 6.45) is -2.83. The zero-order chi connectivity index (χ0) is 17.5. The molecule has 1 amide bonds. The zero-order valence-corrected chi connectivity index (χ0v) is 13.3. The summed E-state index contributed by atoms with van der Waals surface area (Å²) in [6, 6.07) is 7.27. The van der Waals surface area contributed by atoms with Gasteiger partial charge in [-0.15, -0.1) is 0 Å². The van der Waals surface area contributed by atoms with Gasteiger partial charge in [-0.2, -0.15) is 13.2 Å². The van der Waals surface area contributed by atoms with Crippen LogP contribution in [0, 0.1) is 6.92 Å². The van der Waals surface area contributed by atoms with Gasteiger partial charge in [-0.25, -0.2) is 4.98 Å². The van der Waals surface area contributed by atoms with E-state index in [0.29, 0.717) is 11.6 Å². The van der Waals surface area contributed by atoms with Gasteiger partial charge in [0.25, 0.3) is 5.91 Å². The van der Waals surface area contributed by atoms with Gasteiger partial charge in [0.05, 0.1) is 5.69 Å². The molecule has 1 aromatic carbocycles. The first kappa shape index (κ1) is 16.5. The Morgan fingerprint density at radius 3 is 2.42 bits per heavy atom. The number of nitrogens with zero attached hydrogens (tertiary/aromatic N) is 1. The number of amides is 1. The summed E-state index contributed by atoms with van der Waals surface area (Å²) >= 11 is 0. The van der Waals surface area contributed by atoms with Crippen LogP contribution in [0.2, 0.25) is 0 Å². The first-order valence-electron chi connectivity index (χ1n) is 7.64. The molecular weight excluding hydrogens is 321 g/mol. The van der Waals surface area contributed by atoms with Crippen molar-refractivity contribution < 1.29 is 22.4 Å². The van der Waals surface area contributed by atoms with Gasteiger partial charge >= 0.3 is 6.18 Å². The Kier molecular flexibility index (Phi) is 3.89. The molecule has 0 aliphatic heterocycles. The van der Waals surface area contributed by atoms with Crippen molar-refractivity contribution in [1.82, 2.24) is 10.3 Å². The van der Waals surface area contributed by atoms with Crippen LogP contribution in [0.4, 0.5) is 13.2 Å². The van der Waals surface area contributed by atoms with Crippen molar-refractivity contribution >= 4 is 5.91 Å². The molecule has 1 unspecified atom stereocenters. The number of aryl methyl sites for hydroxylation is 1. The van der Waals surface area contributed by atoms with E-state index >= 15 is 0 Å². The van der Waals surface area contributed by atoms with Crippen LogP contribution in [0.1, 0.15) is 53.4 Å². The highest BCUT2D eigenvalue weighted by Gasteiger charge is 2.53. The van der Waals surface area contributed by atoms with Gasteiger partial charge in [0.1, 0.15) is 0 Å². The second kappa shape index (κ2) is 5.65. The normalized spacial score (nSPS) is 17.4. The monoisotopic (exact) mass is 338 g/mol. The summed E-state index contributed by atoms with van der Waals surface area (Å²) in [5.74, 6) is -0.488. The van der Waals surface area contributed by atoms with E-state index in [0.717, 1.165) is 19.8 Å². The molecule has 0 bridgehead atoms. The van der Waals surface area contributed by atoms with Crippen LogP contribution in [0.5, 0.6) is 0 Å². The minimum Gasteiger partial charge on any atom is -0.435 e. The number of rotatable bonds is 4. The molecule has 3 rings (SSSR count). The molecule has 0 radical (unpaired) electrons. The molecule has 1 fully saturated rings. The Morgan fingerprint density at radius 2 is 1.88 bits per heavy atom. The molecule has 1 aromatic heterocycles. The second-order valence-corrected chi connectivity index (χ2v) is 6.18. The molecule has 0 saturated heterocycles. The van der Waals surface area contributed by atoms with Crippen molar-refractivity contribution in [2.24, 2.45) is 0 Å². The maximum atomic E-state index is 13.6. The summed E-state index contributed by atoms with van der Waals surface area (Å²) in [7, 11) is 0. The molecule has 7 heteroatoms. The average Bonchev–Trinajstić information content (AvgIpc) is 3.29. The summed E-state index contributed by atoms with van der Waals surface area (Å²) in [5, 5.41) is 2.08. The Labute approximate surface area is 137 Å². The Hall–Kier alpha value is -2.31. The number of nitrogens with one attached hydrogen (secondary N) is 1. The fourth-order valence-electron chi connectivity index (χ4n) is 2.49. The van der Waals surface area contributed by atoms with Crippen molar-refractivity contribution in [1.29, 1.82) is 0 Å². The first-order chi connectivity index (χ1) is 11.2. The zero-order valence-electron chi connectivity index (χ0n) is 13.3. The van der Waals surface area contributed by atoms with E-state index in [2.05, 4.69) is 10.3 Å². The van der Waals surface area contributed by atoms with Crippen LogP contribution >= 0.6 is 0 Å². The lowest BCUT2D eigenvalue weighted by atomic mass is 9.91. The van der Waals surface area contributed by atoms with Crippen LogP contribution in [0.3, 0.4) is 0 Å². The fourth-order valence-corrected chi connectivity index (χ4v) is 2.49. The number of alkyl halides is 3. The predicted octanol–water partition coefficient (Wildman–Crippen LogP) is 4.07. The summed E-state index contributed by atoms with van der Waals surface area (Å²) in [4.78, 5) is 16.6. The summed E-state index contributed by atoms with van der Waals surface area (Å²) in [5.41, 5.74) is -2.28. The van der Waals surface area contributed by atoms with Crippen molar-refractivity contribution in [3.63, 3.8) is 0 Å². The lowest BCUT2D eigenvalue weighted by Crippen LogP contribution is -2.54. The van der Waals surface area contributed by atoms with Crippen molar-refractivity contribution in [3.05, 3.63) is 53.2 Å². The molecule has 0 spiro atoms. The van der Waals surface area contributed by atoms with E-state index in [4.69, 9.17) is 4.42 Å². The van der Waals surface area contributed by atoms with Gasteiger partial charge in [-0.05, 0) is 32.3 Å². The largest absolute Gasteiger partial charge is 0.435 e. The molecule has 1 aliphatic rings. The Morgan fingerprint density at radius 1 is 1.25 bits per heavy atom. The molecule has 1 aliphatic carbocycles. The van der Waals surface area contributed by atoms with E-state index in [-0.39, 0.29) is 17.2 Å². The lowest BCUT2D eigenvalue weighted by Gasteiger charge is -2.33. The van der Waals surface area contributed by atoms with Gasteiger partial charge < -0.3 is 9.73 Å². The van der Waals surface area contributed by atoms with Gasteiger partial charge in [0, 0.05) is 5.92 Å². The number of hydrogen-bond donors (Lipinski definition) is 1. The summed E-state index contributed by atoms with van der Waals surface area (Å²) in [6.45, 7) is 2.49. The number of aromatic nitrogens is 1. The molecule has 2 aromatic rings. The van der Waals surface area contributed by atoms with Gasteiger partial charge in [0.2, 0.25) is 5.76 Å².